The zero-order chi connectivity index (χ0) is 7.98. The van der Waals surface area contributed by atoms with Crippen molar-refractivity contribution in [2.45, 2.75) is 11.7 Å². The predicted molar refractivity (Wildman–Crippen MR) is 43.5 cm³/mol. The molecule has 0 aliphatic rings. The molecule has 0 saturated carbocycles. The molecule has 1 unspecified atom stereocenters. The van der Waals surface area contributed by atoms with Crippen molar-refractivity contribution in [2.24, 2.45) is 0 Å². The van der Waals surface area contributed by atoms with Crippen LogP contribution in [0, 0.1) is 0 Å². The van der Waals surface area contributed by atoms with Gasteiger partial charge < -0.3 is 10.4 Å². The van der Waals surface area contributed by atoms with Crippen LogP contribution in [0.25, 0.3) is 0 Å². The van der Waals surface area contributed by atoms with Crippen LogP contribution in [0.5, 0.6) is 0 Å². The molecule has 0 heterocycles. The highest BCUT2D eigenvalue weighted by Gasteiger charge is 2.09. The molecule has 2 N–H and O–H groups in total. The number of carbonyl (C=O) groups is 1. The highest BCUT2D eigenvalue weighted by molar-refractivity contribution is 7.99. The van der Waals surface area contributed by atoms with Crippen LogP contribution >= 0.6 is 11.8 Å². The summed E-state index contributed by atoms with van der Waals surface area (Å²) in [5.41, 5.74) is 0. The number of nitrogens with one attached hydrogen (secondary N) is 1. The van der Waals surface area contributed by atoms with Crippen molar-refractivity contribution in [2.75, 3.05) is 19.8 Å². The first-order valence-electron chi connectivity index (χ1n) is 3.10. The normalized spacial score (nSPS) is 13.0. The standard InChI is InChI=1S/C6H13NO2S/c1-7-4-5(10-2)3-6(8)9/h5,7H,3-4H2,1-2H3,(H,8,9). The van der Waals surface area contributed by atoms with Crippen molar-refractivity contribution in [1.82, 2.24) is 5.32 Å². The molecule has 0 fully saturated rings. The molecule has 0 radical (unpaired) electrons. The molecular weight excluding hydrogens is 150 g/mol. The van der Waals surface area contributed by atoms with Gasteiger partial charge in [-0.1, -0.05) is 0 Å². The third kappa shape index (κ3) is 4.64. The Morgan fingerprint density at radius 2 is 2.40 bits per heavy atom. The summed E-state index contributed by atoms with van der Waals surface area (Å²) in [5.74, 6) is -0.727. The fourth-order valence-electron chi connectivity index (χ4n) is 0.661. The Morgan fingerprint density at radius 3 is 2.70 bits per heavy atom. The molecular formula is C6H13NO2S. The highest BCUT2D eigenvalue weighted by atomic mass is 32.2. The van der Waals surface area contributed by atoms with Crippen molar-refractivity contribution in [3.63, 3.8) is 0 Å². The van der Waals surface area contributed by atoms with E-state index in [1.165, 1.54) is 0 Å². The minimum atomic E-state index is -0.727. The fourth-order valence-corrected chi connectivity index (χ4v) is 1.30. The van der Waals surface area contributed by atoms with Gasteiger partial charge >= 0.3 is 5.97 Å². The minimum absolute atomic E-state index is 0.197. The molecule has 60 valence electrons. The van der Waals surface area contributed by atoms with Gasteiger partial charge in [0.15, 0.2) is 0 Å². The molecule has 0 saturated heterocycles. The smallest absolute Gasteiger partial charge is 0.304 e. The molecule has 0 spiro atoms. The maximum absolute atomic E-state index is 10.2. The lowest BCUT2D eigenvalue weighted by Crippen LogP contribution is -2.23. The van der Waals surface area contributed by atoms with E-state index in [2.05, 4.69) is 5.32 Å². The van der Waals surface area contributed by atoms with Crippen molar-refractivity contribution in [1.29, 1.82) is 0 Å². The van der Waals surface area contributed by atoms with E-state index in [0.29, 0.717) is 0 Å². The Kier molecular flexibility index (Phi) is 5.43. The Bertz CT molecular complexity index is 108. The summed E-state index contributed by atoms with van der Waals surface area (Å²) in [4.78, 5) is 10.2. The van der Waals surface area contributed by atoms with Crippen LogP contribution in [0.15, 0.2) is 0 Å². The first-order chi connectivity index (χ1) is 4.70. The quantitative estimate of drug-likeness (QED) is 0.616. The summed E-state index contributed by atoms with van der Waals surface area (Å²) in [6.07, 6.45) is 2.16. The number of rotatable bonds is 5. The van der Waals surface area contributed by atoms with Gasteiger partial charge in [-0.05, 0) is 13.3 Å². The molecule has 0 rings (SSSR count). The van der Waals surface area contributed by atoms with E-state index in [1.54, 1.807) is 11.8 Å². The van der Waals surface area contributed by atoms with E-state index in [9.17, 15) is 4.79 Å². The highest BCUT2D eigenvalue weighted by Crippen LogP contribution is 2.08. The molecule has 0 aliphatic carbocycles. The molecule has 0 aromatic rings. The van der Waals surface area contributed by atoms with Crippen molar-refractivity contribution in [3.8, 4) is 0 Å². The third-order valence-electron chi connectivity index (χ3n) is 1.17. The van der Waals surface area contributed by atoms with Crippen molar-refractivity contribution >= 4 is 17.7 Å². The monoisotopic (exact) mass is 163 g/mol. The van der Waals surface area contributed by atoms with Crippen LogP contribution in [0.1, 0.15) is 6.42 Å². The molecule has 0 amide bonds. The summed E-state index contributed by atoms with van der Waals surface area (Å²) < 4.78 is 0. The molecule has 0 aromatic heterocycles. The van der Waals surface area contributed by atoms with E-state index in [1.807, 2.05) is 13.3 Å². The van der Waals surface area contributed by atoms with E-state index in [0.717, 1.165) is 6.54 Å². The summed E-state index contributed by atoms with van der Waals surface area (Å²) in [6.45, 7) is 0.757. The van der Waals surface area contributed by atoms with Crippen LogP contribution in [-0.2, 0) is 4.79 Å². The maximum atomic E-state index is 10.2. The lowest BCUT2D eigenvalue weighted by molar-refractivity contribution is -0.136. The van der Waals surface area contributed by atoms with Crippen LogP contribution in [0.2, 0.25) is 0 Å². The zero-order valence-electron chi connectivity index (χ0n) is 6.26. The first kappa shape index (κ1) is 9.78. The summed E-state index contributed by atoms with van der Waals surface area (Å²) in [6, 6.07) is 0. The average molecular weight is 163 g/mol. The van der Waals surface area contributed by atoms with Gasteiger partial charge in [0.25, 0.3) is 0 Å². The fraction of sp³-hybridized carbons (Fsp3) is 0.833. The van der Waals surface area contributed by atoms with Gasteiger partial charge in [0.2, 0.25) is 0 Å². The zero-order valence-corrected chi connectivity index (χ0v) is 7.07. The van der Waals surface area contributed by atoms with Gasteiger partial charge in [-0.15, -0.1) is 0 Å². The molecule has 10 heavy (non-hydrogen) atoms. The van der Waals surface area contributed by atoms with E-state index in [-0.39, 0.29) is 11.7 Å². The van der Waals surface area contributed by atoms with E-state index < -0.39 is 5.97 Å². The van der Waals surface area contributed by atoms with Gasteiger partial charge in [-0.25, -0.2) is 0 Å². The van der Waals surface area contributed by atoms with Gasteiger partial charge in [0.05, 0.1) is 6.42 Å². The lowest BCUT2D eigenvalue weighted by atomic mass is 10.3. The second-order valence-electron chi connectivity index (χ2n) is 2.01. The number of carboxylic acid groups (broad SMARTS) is 1. The Balaban J connectivity index is 3.49. The van der Waals surface area contributed by atoms with Crippen LogP contribution in [0.4, 0.5) is 0 Å². The van der Waals surface area contributed by atoms with Gasteiger partial charge in [-0.3, -0.25) is 4.79 Å². The van der Waals surface area contributed by atoms with Crippen LogP contribution in [0.3, 0.4) is 0 Å². The van der Waals surface area contributed by atoms with Gasteiger partial charge in [0.1, 0.15) is 0 Å². The molecule has 3 nitrogen and oxygen atoms in total. The number of aliphatic carboxylic acids is 1. The molecule has 1 atom stereocenters. The maximum Gasteiger partial charge on any atom is 0.304 e. The van der Waals surface area contributed by atoms with Crippen molar-refractivity contribution < 1.29 is 9.90 Å². The first-order valence-corrected chi connectivity index (χ1v) is 4.38. The Labute approximate surface area is 65.2 Å². The van der Waals surface area contributed by atoms with Gasteiger partial charge in [0, 0.05) is 11.8 Å². The van der Waals surface area contributed by atoms with Crippen LogP contribution in [-0.4, -0.2) is 36.2 Å². The Morgan fingerprint density at radius 1 is 1.80 bits per heavy atom. The average Bonchev–Trinajstić information content (AvgIpc) is 1.86. The molecule has 4 heteroatoms. The van der Waals surface area contributed by atoms with Crippen LogP contribution < -0.4 is 5.32 Å². The lowest BCUT2D eigenvalue weighted by Gasteiger charge is -2.09. The minimum Gasteiger partial charge on any atom is -0.481 e. The van der Waals surface area contributed by atoms with E-state index >= 15 is 0 Å². The largest absolute Gasteiger partial charge is 0.481 e. The topological polar surface area (TPSA) is 49.3 Å². The number of carboxylic acids is 1. The van der Waals surface area contributed by atoms with E-state index in [4.69, 9.17) is 5.11 Å². The number of hydrogen-bond donors (Lipinski definition) is 2. The number of hydrogen-bond acceptors (Lipinski definition) is 3. The molecule has 0 aliphatic heterocycles. The second kappa shape index (κ2) is 5.56. The predicted octanol–water partition coefficient (Wildman–Crippen LogP) is 0.412. The number of thioether (sulfide) groups is 1. The molecule has 0 bridgehead atoms. The van der Waals surface area contributed by atoms with Crippen molar-refractivity contribution in [3.05, 3.63) is 0 Å². The SMILES string of the molecule is CNCC(CC(=O)O)SC. The van der Waals surface area contributed by atoms with Gasteiger partial charge in [-0.2, -0.15) is 11.8 Å². The summed E-state index contributed by atoms with van der Waals surface area (Å²) in [7, 11) is 1.82. The third-order valence-corrected chi connectivity index (χ3v) is 2.17. The second-order valence-corrected chi connectivity index (χ2v) is 3.15. The summed E-state index contributed by atoms with van der Waals surface area (Å²) in [5, 5.41) is 11.5. The Hall–Kier alpha value is -0.220. The molecule has 0 aromatic carbocycles. The summed E-state index contributed by atoms with van der Waals surface area (Å²) >= 11 is 1.58.